The highest BCUT2D eigenvalue weighted by Crippen LogP contribution is 2.14. The Kier molecular flexibility index (Phi) is 6.15. The minimum atomic E-state index is -0.157. The normalized spacial score (nSPS) is 24.0. The van der Waals surface area contributed by atoms with Gasteiger partial charge in [-0.15, -0.1) is 0 Å². The summed E-state index contributed by atoms with van der Waals surface area (Å²) in [7, 11) is 0. The molecule has 0 spiro atoms. The molecule has 0 aromatic carbocycles. The summed E-state index contributed by atoms with van der Waals surface area (Å²) in [5, 5.41) is 12.4. The fourth-order valence-corrected chi connectivity index (χ4v) is 1.78. The quantitative estimate of drug-likeness (QED) is 0.610. The van der Waals surface area contributed by atoms with Crippen LogP contribution in [0, 0.1) is 0 Å². The molecule has 0 aliphatic carbocycles. The van der Waals surface area contributed by atoms with E-state index >= 15 is 0 Å². The molecular weight excluding hydrogens is 178 g/mol. The number of aliphatic hydroxyl groups excluding tert-OH is 1. The third kappa shape index (κ3) is 5.58. The largest absolute Gasteiger partial charge is 0.393 e. The van der Waals surface area contributed by atoms with Gasteiger partial charge >= 0.3 is 0 Å². The molecular formula is C11H23NO2. The Morgan fingerprint density at radius 3 is 3.00 bits per heavy atom. The maximum atomic E-state index is 9.03. The molecule has 1 aliphatic heterocycles. The molecule has 1 aliphatic rings. The average Bonchev–Trinajstić information content (AvgIpc) is 2.63. The van der Waals surface area contributed by atoms with Crippen LogP contribution in [-0.4, -0.2) is 37.0 Å². The highest BCUT2D eigenvalue weighted by molar-refractivity contribution is 4.65. The number of hydrogen-bond acceptors (Lipinski definition) is 3. The van der Waals surface area contributed by atoms with Gasteiger partial charge in [-0.25, -0.2) is 0 Å². The topological polar surface area (TPSA) is 41.5 Å². The van der Waals surface area contributed by atoms with Gasteiger partial charge in [-0.2, -0.15) is 0 Å². The Bertz CT molecular complexity index is 133. The summed E-state index contributed by atoms with van der Waals surface area (Å²) >= 11 is 0. The minimum absolute atomic E-state index is 0.157. The van der Waals surface area contributed by atoms with E-state index in [2.05, 4.69) is 5.32 Å². The zero-order valence-corrected chi connectivity index (χ0v) is 9.17. The minimum Gasteiger partial charge on any atom is -0.393 e. The van der Waals surface area contributed by atoms with Gasteiger partial charge in [0.15, 0.2) is 0 Å². The molecule has 3 heteroatoms. The van der Waals surface area contributed by atoms with Crippen molar-refractivity contribution in [2.45, 2.75) is 51.2 Å². The van der Waals surface area contributed by atoms with Gasteiger partial charge in [0, 0.05) is 6.61 Å². The monoisotopic (exact) mass is 201 g/mol. The molecule has 3 nitrogen and oxygen atoms in total. The molecule has 1 rings (SSSR count). The third-order valence-electron chi connectivity index (χ3n) is 2.64. The van der Waals surface area contributed by atoms with Gasteiger partial charge in [0.1, 0.15) is 0 Å². The summed E-state index contributed by atoms with van der Waals surface area (Å²) in [6.45, 7) is 4.85. The molecule has 0 aromatic heterocycles. The van der Waals surface area contributed by atoms with Gasteiger partial charge in [0.05, 0.1) is 12.2 Å². The lowest BCUT2D eigenvalue weighted by molar-refractivity contribution is 0.104. The summed E-state index contributed by atoms with van der Waals surface area (Å²) in [4.78, 5) is 0. The zero-order valence-electron chi connectivity index (χ0n) is 9.17. The molecule has 2 atom stereocenters. The highest BCUT2D eigenvalue weighted by atomic mass is 16.5. The average molecular weight is 201 g/mol. The number of rotatable bonds is 7. The van der Waals surface area contributed by atoms with Crippen LogP contribution in [-0.2, 0) is 4.74 Å². The predicted octanol–water partition coefficient (Wildman–Crippen LogP) is 1.31. The van der Waals surface area contributed by atoms with Crippen molar-refractivity contribution in [2.24, 2.45) is 0 Å². The number of aliphatic hydroxyl groups is 1. The standard InChI is InChI=1S/C11H23NO2/c1-10(13)4-2-7-12-8-6-11-5-3-9-14-11/h10-13H,2-9H2,1H3. The van der Waals surface area contributed by atoms with E-state index in [1.807, 2.05) is 6.92 Å². The van der Waals surface area contributed by atoms with E-state index in [0.717, 1.165) is 39.0 Å². The van der Waals surface area contributed by atoms with Gasteiger partial charge in [-0.05, 0) is 52.1 Å². The lowest BCUT2D eigenvalue weighted by Crippen LogP contribution is -2.21. The van der Waals surface area contributed by atoms with Crippen LogP contribution >= 0.6 is 0 Å². The van der Waals surface area contributed by atoms with Gasteiger partial charge in [0.2, 0.25) is 0 Å². The summed E-state index contributed by atoms with van der Waals surface area (Å²) in [5.74, 6) is 0. The second-order valence-corrected chi connectivity index (χ2v) is 4.16. The van der Waals surface area contributed by atoms with E-state index in [1.165, 1.54) is 12.8 Å². The molecule has 0 aromatic rings. The van der Waals surface area contributed by atoms with Crippen molar-refractivity contribution in [3.05, 3.63) is 0 Å². The second kappa shape index (κ2) is 7.21. The van der Waals surface area contributed by atoms with Crippen molar-refractivity contribution in [1.82, 2.24) is 5.32 Å². The molecule has 1 saturated heterocycles. The van der Waals surface area contributed by atoms with Crippen LogP contribution in [0.3, 0.4) is 0 Å². The molecule has 0 amide bonds. The van der Waals surface area contributed by atoms with E-state index in [1.54, 1.807) is 0 Å². The Morgan fingerprint density at radius 1 is 1.50 bits per heavy atom. The van der Waals surface area contributed by atoms with Crippen molar-refractivity contribution < 1.29 is 9.84 Å². The third-order valence-corrected chi connectivity index (χ3v) is 2.64. The Balaban J connectivity index is 1.79. The summed E-state index contributed by atoms with van der Waals surface area (Å²) in [6, 6.07) is 0. The SMILES string of the molecule is CC(O)CCCNCCC1CCCO1. The van der Waals surface area contributed by atoms with Crippen LogP contribution in [0.25, 0.3) is 0 Å². The summed E-state index contributed by atoms with van der Waals surface area (Å²) in [5.41, 5.74) is 0. The maximum absolute atomic E-state index is 9.03. The summed E-state index contributed by atoms with van der Waals surface area (Å²) in [6.07, 6.45) is 5.89. The first-order chi connectivity index (χ1) is 6.79. The first-order valence-electron chi connectivity index (χ1n) is 5.79. The van der Waals surface area contributed by atoms with E-state index in [4.69, 9.17) is 9.84 Å². The number of nitrogens with one attached hydrogen (secondary N) is 1. The second-order valence-electron chi connectivity index (χ2n) is 4.16. The fraction of sp³-hybridized carbons (Fsp3) is 1.00. The lowest BCUT2D eigenvalue weighted by atomic mass is 10.2. The molecule has 0 bridgehead atoms. The fourth-order valence-electron chi connectivity index (χ4n) is 1.78. The Morgan fingerprint density at radius 2 is 2.36 bits per heavy atom. The van der Waals surface area contributed by atoms with Crippen LogP contribution in [0.1, 0.15) is 39.0 Å². The molecule has 84 valence electrons. The first-order valence-corrected chi connectivity index (χ1v) is 5.79. The highest BCUT2D eigenvalue weighted by Gasteiger charge is 2.14. The van der Waals surface area contributed by atoms with E-state index < -0.39 is 0 Å². The van der Waals surface area contributed by atoms with Crippen molar-refractivity contribution in [3.63, 3.8) is 0 Å². The molecule has 1 fully saturated rings. The van der Waals surface area contributed by atoms with Crippen LogP contribution in [0.15, 0.2) is 0 Å². The molecule has 0 radical (unpaired) electrons. The van der Waals surface area contributed by atoms with Crippen LogP contribution in [0.4, 0.5) is 0 Å². The van der Waals surface area contributed by atoms with Gasteiger partial charge < -0.3 is 15.2 Å². The molecule has 2 unspecified atom stereocenters. The van der Waals surface area contributed by atoms with E-state index in [0.29, 0.717) is 6.10 Å². The van der Waals surface area contributed by atoms with Crippen molar-refractivity contribution in [2.75, 3.05) is 19.7 Å². The van der Waals surface area contributed by atoms with Crippen molar-refractivity contribution in [1.29, 1.82) is 0 Å². The van der Waals surface area contributed by atoms with Crippen LogP contribution in [0.5, 0.6) is 0 Å². The van der Waals surface area contributed by atoms with Crippen molar-refractivity contribution in [3.8, 4) is 0 Å². The van der Waals surface area contributed by atoms with Gasteiger partial charge in [-0.1, -0.05) is 0 Å². The smallest absolute Gasteiger partial charge is 0.0588 e. The summed E-state index contributed by atoms with van der Waals surface area (Å²) < 4.78 is 5.52. The van der Waals surface area contributed by atoms with Gasteiger partial charge in [-0.3, -0.25) is 0 Å². The number of hydrogen-bond donors (Lipinski definition) is 2. The Hall–Kier alpha value is -0.120. The molecule has 0 saturated carbocycles. The van der Waals surface area contributed by atoms with Crippen molar-refractivity contribution >= 4 is 0 Å². The Labute approximate surface area is 86.8 Å². The zero-order chi connectivity index (χ0) is 10.2. The van der Waals surface area contributed by atoms with E-state index in [9.17, 15) is 0 Å². The van der Waals surface area contributed by atoms with Crippen LogP contribution in [0.2, 0.25) is 0 Å². The molecule has 1 heterocycles. The first kappa shape index (κ1) is 12.0. The predicted molar refractivity (Wildman–Crippen MR) is 57.4 cm³/mol. The maximum Gasteiger partial charge on any atom is 0.0588 e. The van der Waals surface area contributed by atoms with E-state index in [-0.39, 0.29) is 6.10 Å². The van der Waals surface area contributed by atoms with Gasteiger partial charge in [0.25, 0.3) is 0 Å². The molecule has 2 N–H and O–H groups in total. The number of ether oxygens (including phenoxy) is 1. The molecule has 14 heavy (non-hydrogen) atoms. The lowest BCUT2D eigenvalue weighted by Gasteiger charge is -2.10. The van der Waals surface area contributed by atoms with Crippen LogP contribution < -0.4 is 5.32 Å².